The largest absolute Gasteiger partial charge is 0.467 e. The molecule has 0 rings (SSSR count). The van der Waals surface area contributed by atoms with Gasteiger partial charge in [-0.3, -0.25) is 0 Å². The van der Waals surface area contributed by atoms with Crippen LogP contribution in [-0.2, 0) is 9.53 Å². The fraction of sp³-hybridized carbons (Fsp3) is 0.833. The first-order chi connectivity index (χ1) is 4.39. The van der Waals surface area contributed by atoms with Gasteiger partial charge in [-0.15, -0.1) is 0 Å². The first-order valence-electron chi connectivity index (χ1n) is 2.88. The molecule has 4 nitrogen and oxygen atoms in total. The molecule has 0 spiro atoms. The number of aliphatic hydroxyl groups is 2. The average Bonchev–Trinajstić information content (AvgIpc) is 1.83. The lowest BCUT2D eigenvalue weighted by atomic mass is 10.0. The van der Waals surface area contributed by atoms with E-state index in [4.69, 9.17) is 10.2 Å². The minimum absolute atomic E-state index is 0.826. The van der Waals surface area contributed by atoms with Gasteiger partial charge < -0.3 is 14.9 Å². The molecule has 0 radical (unpaired) electrons. The summed E-state index contributed by atoms with van der Waals surface area (Å²) >= 11 is 0. The minimum atomic E-state index is -1.47. The highest BCUT2D eigenvalue weighted by Crippen LogP contribution is 2.08. The van der Waals surface area contributed by atoms with E-state index in [-0.39, 0.29) is 0 Å². The Morgan fingerprint density at radius 1 is 1.60 bits per heavy atom. The normalized spacial score (nSPS) is 14.5. The maximum atomic E-state index is 10.5. The van der Waals surface area contributed by atoms with Crippen molar-refractivity contribution in [3.8, 4) is 0 Å². The Hall–Kier alpha value is -0.610. The van der Waals surface area contributed by atoms with Gasteiger partial charge in [0.1, 0.15) is 0 Å². The van der Waals surface area contributed by atoms with Gasteiger partial charge in [0.15, 0.2) is 6.10 Å². The van der Waals surface area contributed by atoms with E-state index >= 15 is 0 Å². The zero-order chi connectivity index (χ0) is 8.36. The summed E-state index contributed by atoms with van der Waals surface area (Å²) in [5.74, 6) is -0.826. The van der Waals surface area contributed by atoms with Crippen LogP contribution in [0.15, 0.2) is 0 Å². The molecule has 1 atom stereocenters. The van der Waals surface area contributed by atoms with Crippen molar-refractivity contribution in [3.05, 3.63) is 0 Å². The standard InChI is InChI=1S/C6H12O4/c1-6(2,9)4(7)5(8)10-3/h4,7,9H,1-3H3. The van der Waals surface area contributed by atoms with E-state index in [1.54, 1.807) is 0 Å². The maximum Gasteiger partial charge on any atom is 0.337 e. The van der Waals surface area contributed by atoms with Crippen molar-refractivity contribution in [1.29, 1.82) is 0 Å². The highest BCUT2D eigenvalue weighted by molar-refractivity contribution is 5.75. The van der Waals surface area contributed by atoms with E-state index in [1.807, 2.05) is 0 Å². The predicted octanol–water partition coefficient (Wildman–Crippen LogP) is -0.709. The molecule has 0 heterocycles. The summed E-state index contributed by atoms with van der Waals surface area (Å²) in [6.07, 6.45) is -1.47. The second-order valence-corrected chi connectivity index (χ2v) is 2.58. The third-order valence-electron chi connectivity index (χ3n) is 1.09. The Labute approximate surface area is 59.4 Å². The molecule has 10 heavy (non-hydrogen) atoms. The Kier molecular flexibility index (Phi) is 2.80. The Balaban J connectivity index is 4.08. The van der Waals surface area contributed by atoms with Crippen molar-refractivity contribution < 1.29 is 19.7 Å². The van der Waals surface area contributed by atoms with Crippen LogP contribution in [0.1, 0.15) is 13.8 Å². The summed E-state index contributed by atoms with van der Waals surface area (Å²) < 4.78 is 4.19. The van der Waals surface area contributed by atoms with Gasteiger partial charge in [0.25, 0.3) is 0 Å². The van der Waals surface area contributed by atoms with Gasteiger partial charge in [0.05, 0.1) is 12.7 Å². The molecule has 0 aliphatic heterocycles. The monoisotopic (exact) mass is 148 g/mol. The Morgan fingerprint density at radius 3 is 2.10 bits per heavy atom. The highest BCUT2D eigenvalue weighted by atomic mass is 16.5. The fourth-order valence-corrected chi connectivity index (χ4v) is 0.400. The molecular formula is C6H12O4. The average molecular weight is 148 g/mol. The number of carbonyl (C=O) groups excluding carboxylic acids is 1. The molecule has 0 aromatic carbocycles. The summed E-state index contributed by atoms with van der Waals surface area (Å²) in [5.41, 5.74) is -1.44. The van der Waals surface area contributed by atoms with E-state index in [1.165, 1.54) is 13.8 Å². The molecule has 2 N–H and O–H groups in total. The van der Waals surface area contributed by atoms with E-state index in [0.717, 1.165) is 7.11 Å². The third-order valence-corrected chi connectivity index (χ3v) is 1.09. The van der Waals surface area contributed by atoms with Crippen molar-refractivity contribution in [3.63, 3.8) is 0 Å². The second kappa shape index (κ2) is 2.98. The van der Waals surface area contributed by atoms with Crippen molar-refractivity contribution in [2.45, 2.75) is 25.6 Å². The molecule has 4 heteroatoms. The van der Waals surface area contributed by atoms with Gasteiger partial charge >= 0.3 is 5.97 Å². The van der Waals surface area contributed by atoms with E-state index in [0.29, 0.717) is 0 Å². The molecule has 0 saturated carbocycles. The number of rotatable bonds is 2. The predicted molar refractivity (Wildman–Crippen MR) is 34.3 cm³/mol. The van der Waals surface area contributed by atoms with Crippen LogP contribution in [-0.4, -0.2) is 35.0 Å². The van der Waals surface area contributed by atoms with Crippen molar-refractivity contribution >= 4 is 5.97 Å². The second-order valence-electron chi connectivity index (χ2n) is 2.58. The summed E-state index contributed by atoms with van der Waals surface area (Å²) in [4.78, 5) is 10.5. The zero-order valence-corrected chi connectivity index (χ0v) is 6.29. The van der Waals surface area contributed by atoms with Gasteiger partial charge in [-0.25, -0.2) is 4.79 Å². The quantitative estimate of drug-likeness (QED) is 0.508. The summed E-state index contributed by atoms with van der Waals surface area (Å²) in [5, 5.41) is 18.0. The summed E-state index contributed by atoms with van der Waals surface area (Å²) in [6.45, 7) is 2.66. The smallest absolute Gasteiger partial charge is 0.337 e. The SMILES string of the molecule is COC(=O)C(O)C(C)(C)O. The molecule has 0 aliphatic carbocycles. The van der Waals surface area contributed by atoms with Gasteiger partial charge in [0, 0.05) is 0 Å². The maximum absolute atomic E-state index is 10.5. The number of ether oxygens (including phenoxy) is 1. The summed E-state index contributed by atoms with van der Waals surface area (Å²) in [6, 6.07) is 0. The number of hydrogen-bond acceptors (Lipinski definition) is 4. The van der Waals surface area contributed by atoms with Gasteiger partial charge in [-0.05, 0) is 13.8 Å². The van der Waals surface area contributed by atoms with E-state index in [2.05, 4.69) is 4.74 Å². The zero-order valence-electron chi connectivity index (χ0n) is 6.29. The van der Waals surface area contributed by atoms with Crippen LogP contribution in [0.2, 0.25) is 0 Å². The fourth-order valence-electron chi connectivity index (χ4n) is 0.400. The van der Waals surface area contributed by atoms with Crippen molar-refractivity contribution in [2.24, 2.45) is 0 Å². The molecule has 0 aromatic heterocycles. The molecule has 0 fully saturated rings. The van der Waals surface area contributed by atoms with Crippen LogP contribution in [0.25, 0.3) is 0 Å². The molecule has 0 aliphatic rings. The lowest BCUT2D eigenvalue weighted by molar-refractivity contribution is -0.163. The van der Waals surface area contributed by atoms with Crippen LogP contribution in [0.3, 0.4) is 0 Å². The topological polar surface area (TPSA) is 66.8 Å². The van der Waals surface area contributed by atoms with Gasteiger partial charge in [-0.1, -0.05) is 0 Å². The van der Waals surface area contributed by atoms with Crippen molar-refractivity contribution in [2.75, 3.05) is 7.11 Å². The van der Waals surface area contributed by atoms with E-state index in [9.17, 15) is 4.79 Å². The molecule has 0 saturated heterocycles. The summed E-state index contributed by atoms with van der Waals surface area (Å²) in [7, 11) is 1.15. The first kappa shape index (κ1) is 9.39. The third kappa shape index (κ3) is 2.33. The van der Waals surface area contributed by atoms with Crippen LogP contribution in [0.4, 0.5) is 0 Å². The van der Waals surface area contributed by atoms with Crippen LogP contribution in [0.5, 0.6) is 0 Å². The van der Waals surface area contributed by atoms with Gasteiger partial charge in [0.2, 0.25) is 0 Å². The minimum Gasteiger partial charge on any atom is -0.467 e. The van der Waals surface area contributed by atoms with Crippen molar-refractivity contribution in [1.82, 2.24) is 0 Å². The first-order valence-corrected chi connectivity index (χ1v) is 2.88. The number of aliphatic hydroxyl groups excluding tert-OH is 1. The number of carbonyl (C=O) groups is 1. The molecule has 1 unspecified atom stereocenters. The molecule has 60 valence electrons. The molecule has 0 amide bonds. The Morgan fingerprint density at radius 2 is 2.00 bits per heavy atom. The Bertz CT molecular complexity index is 124. The molecule has 0 bridgehead atoms. The lowest BCUT2D eigenvalue weighted by Gasteiger charge is -2.21. The highest BCUT2D eigenvalue weighted by Gasteiger charge is 2.31. The molecular weight excluding hydrogens is 136 g/mol. The van der Waals surface area contributed by atoms with E-state index < -0.39 is 17.7 Å². The van der Waals surface area contributed by atoms with Crippen LogP contribution < -0.4 is 0 Å². The van der Waals surface area contributed by atoms with Crippen LogP contribution in [0, 0.1) is 0 Å². The number of methoxy groups -OCH3 is 1. The number of hydrogen-bond donors (Lipinski definition) is 2. The van der Waals surface area contributed by atoms with Crippen LogP contribution >= 0.6 is 0 Å². The van der Waals surface area contributed by atoms with Gasteiger partial charge in [-0.2, -0.15) is 0 Å². The lowest BCUT2D eigenvalue weighted by Crippen LogP contribution is -2.42. The number of esters is 1. The molecule has 0 aromatic rings.